The number of carbonyl (C=O) groups excluding carboxylic acids is 1. The van der Waals surface area contributed by atoms with Gasteiger partial charge in [0.15, 0.2) is 0 Å². The highest BCUT2D eigenvalue weighted by Gasteiger charge is 2.32. The minimum Gasteiger partial charge on any atom is -0.390 e. The number of hydrogen-bond acceptors (Lipinski definition) is 4. The fourth-order valence-corrected chi connectivity index (χ4v) is 2.56. The third-order valence-electron chi connectivity index (χ3n) is 3.65. The molecule has 22 heavy (non-hydrogen) atoms. The SMILES string of the molecule is CN(C[C@@H]1COC[C@@H](O)[C@H]1O)C(=O)/C=C/c1cccc(Cl)c1. The molecule has 1 fully saturated rings. The normalized spacial score (nSPS) is 25.4. The van der Waals surface area contributed by atoms with Crippen molar-refractivity contribution in [2.24, 2.45) is 5.92 Å². The van der Waals surface area contributed by atoms with Crippen molar-refractivity contribution in [1.29, 1.82) is 0 Å². The largest absolute Gasteiger partial charge is 0.390 e. The lowest BCUT2D eigenvalue weighted by Crippen LogP contribution is -2.48. The van der Waals surface area contributed by atoms with Crippen molar-refractivity contribution in [3.05, 3.63) is 40.9 Å². The first-order valence-electron chi connectivity index (χ1n) is 7.10. The van der Waals surface area contributed by atoms with Crippen LogP contribution in [-0.4, -0.2) is 60.0 Å². The summed E-state index contributed by atoms with van der Waals surface area (Å²) in [5, 5.41) is 20.1. The van der Waals surface area contributed by atoms with Gasteiger partial charge in [0.2, 0.25) is 5.91 Å². The summed E-state index contributed by atoms with van der Waals surface area (Å²) in [6.07, 6.45) is 1.37. The maximum atomic E-state index is 12.1. The fraction of sp³-hybridized carbons (Fsp3) is 0.438. The summed E-state index contributed by atoms with van der Waals surface area (Å²) >= 11 is 5.89. The molecule has 1 aromatic carbocycles. The minimum atomic E-state index is -0.899. The zero-order valence-corrected chi connectivity index (χ0v) is 13.1. The van der Waals surface area contributed by atoms with E-state index in [4.69, 9.17) is 16.3 Å². The van der Waals surface area contributed by atoms with Gasteiger partial charge < -0.3 is 19.8 Å². The maximum Gasteiger partial charge on any atom is 0.246 e. The number of benzene rings is 1. The van der Waals surface area contributed by atoms with Crippen LogP contribution in [0.5, 0.6) is 0 Å². The predicted octanol–water partition coefficient (Wildman–Crippen LogP) is 1.18. The van der Waals surface area contributed by atoms with Gasteiger partial charge in [0.05, 0.1) is 19.3 Å². The molecule has 1 aliphatic rings. The van der Waals surface area contributed by atoms with Crippen LogP contribution in [0.25, 0.3) is 6.08 Å². The van der Waals surface area contributed by atoms with Gasteiger partial charge in [-0.15, -0.1) is 0 Å². The molecule has 1 aliphatic heterocycles. The van der Waals surface area contributed by atoms with E-state index < -0.39 is 12.2 Å². The van der Waals surface area contributed by atoms with E-state index in [1.165, 1.54) is 11.0 Å². The second kappa shape index (κ2) is 7.74. The second-order valence-corrected chi connectivity index (χ2v) is 5.90. The highest BCUT2D eigenvalue weighted by Crippen LogP contribution is 2.17. The van der Waals surface area contributed by atoms with Crippen LogP contribution in [0.1, 0.15) is 5.56 Å². The molecule has 0 aromatic heterocycles. The molecule has 0 aliphatic carbocycles. The molecule has 0 unspecified atom stereocenters. The number of ether oxygens (including phenoxy) is 1. The van der Waals surface area contributed by atoms with Crippen molar-refractivity contribution in [2.75, 3.05) is 26.8 Å². The molecule has 2 N–H and O–H groups in total. The molecule has 1 heterocycles. The van der Waals surface area contributed by atoms with Gasteiger partial charge in [-0.2, -0.15) is 0 Å². The van der Waals surface area contributed by atoms with E-state index >= 15 is 0 Å². The minimum absolute atomic E-state index is 0.129. The summed E-state index contributed by atoms with van der Waals surface area (Å²) in [5.41, 5.74) is 0.839. The Balaban J connectivity index is 1.91. The van der Waals surface area contributed by atoms with Crippen LogP contribution in [0.3, 0.4) is 0 Å². The molecule has 6 heteroatoms. The van der Waals surface area contributed by atoms with Crippen molar-refractivity contribution in [2.45, 2.75) is 12.2 Å². The van der Waals surface area contributed by atoms with E-state index in [9.17, 15) is 15.0 Å². The molecule has 0 spiro atoms. The van der Waals surface area contributed by atoms with Gasteiger partial charge in [0.1, 0.15) is 6.10 Å². The van der Waals surface area contributed by atoms with Crippen molar-refractivity contribution in [3.63, 3.8) is 0 Å². The van der Waals surface area contributed by atoms with E-state index in [-0.39, 0.29) is 18.4 Å². The number of likely N-dealkylation sites (N-methyl/N-ethyl adjacent to an activating group) is 1. The maximum absolute atomic E-state index is 12.1. The predicted molar refractivity (Wildman–Crippen MR) is 84.4 cm³/mol. The molecule has 2 rings (SSSR count). The van der Waals surface area contributed by atoms with Crippen LogP contribution in [0.4, 0.5) is 0 Å². The molecule has 0 bridgehead atoms. The van der Waals surface area contributed by atoms with Gasteiger partial charge in [-0.25, -0.2) is 0 Å². The molecular formula is C16H20ClNO4. The Morgan fingerprint density at radius 2 is 2.23 bits per heavy atom. The Labute approximate surface area is 134 Å². The van der Waals surface area contributed by atoms with Gasteiger partial charge in [0, 0.05) is 30.6 Å². The number of aliphatic hydroxyl groups excluding tert-OH is 2. The third kappa shape index (κ3) is 4.55. The van der Waals surface area contributed by atoms with Gasteiger partial charge in [-0.05, 0) is 23.8 Å². The molecule has 1 amide bonds. The van der Waals surface area contributed by atoms with Crippen LogP contribution < -0.4 is 0 Å². The lowest BCUT2D eigenvalue weighted by atomic mass is 9.96. The molecule has 5 nitrogen and oxygen atoms in total. The summed E-state index contributed by atoms with van der Waals surface area (Å²) in [6, 6.07) is 7.20. The van der Waals surface area contributed by atoms with Gasteiger partial charge in [0.25, 0.3) is 0 Å². The highest BCUT2D eigenvalue weighted by molar-refractivity contribution is 6.30. The first kappa shape index (κ1) is 17.0. The number of rotatable bonds is 4. The van der Waals surface area contributed by atoms with E-state index in [0.717, 1.165) is 5.56 Å². The standard InChI is InChI=1S/C16H20ClNO4/c1-18(8-12-9-22-10-14(19)16(12)21)15(20)6-5-11-3-2-4-13(17)7-11/h2-7,12,14,16,19,21H,8-10H2,1H3/b6-5+/t12-,14-,16+/m1/s1. The molecule has 0 saturated carbocycles. The molecule has 0 radical (unpaired) electrons. The third-order valence-corrected chi connectivity index (χ3v) is 3.88. The Morgan fingerprint density at radius 3 is 2.95 bits per heavy atom. The Kier molecular flexibility index (Phi) is 5.97. The van der Waals surface area contributed by atoms with Gasteiger partial charge >= 0.3 is 0 Å². The molecule has 1 aromatic rings. The van der Waals surface area contributed by atoms with Gasteiger partial charge in [-0.1, -0.05) is 23.7 Å². The van der Waals surface area contributed by atoms with Crippen LogP contribution in [0.2, 0.25) is 5.02 Å². The summed E-state index contributed by atoms with van der Waals surface area (Å²) in [4.78, 5) is 13.6. The Hall–Kier alpha value is -1.40. The number of hydrogen-bond donors (Lipinski definition) is 2. The van der Waals surface area contributed by atoms with Crippen molar-refractivity contribution >= 4 is 23.6 Å². The van der Waals surface area contributed by atoms with E-state index in [0.29, 0.717) is 18.2 Å². The summed E-state index contributed by atoms with van der Waals surface area (Å²) < 4.78 is 5.21. The van der Waals surface area contributed by atoms with Crippen molar-refractivity contribution in [1.82, 2.24) is 4.90 Å². The molecule has 1 saturated heterocycles. The Bertz CT molecular complexity index is 549. The summed E-state index contributed by atoms with van der Waals surface area (Å²) in [7, 11) is 1.65. The molecular weight excluding hydrogens is 306 g/mol. The van der Waals surface area contributed by atoms with E-state index in [1.54, 1.807) is 25.3 Å². The van der Waals surface area contributed by atoms with Crippen molar-refractivity contribution < 1.29 is 19.7 Å². The first-order chi connectivity index (χ1) is 10.5. The number of amides is 1. The Morgan fingerprint density at radius 1 is 1.45 bits per heavy atom. The van der Waals surface area contributed by atoms with Crippen LogP contribution in [-0.2, 0) is 9.53 Å². The highest BCUT2D eigenvalue weighted by atomic mass is 35.5. The average molecular weight is 326 g/mol. The van der Waals surface area contributed by atoms with Crippen LogP contribution >= 0.6 is 11.6 Å². The lowest BCUT2D eigenvalue weighted by Gasteiger charge is -2.34. The lowest BCUT2D eigenvalue weighted by molar-refractivity contribution is -0.136. The van der Waals surface area contributed by atoms with Crippen molar-refractivity contribution in [3.8, 4) is 0 Å². The number of halogens is 1. The number of carbonyl (C=O) groups is 1. The van der Waals surface area contributed by atoms with Crippen LogP contribution in [0, 0.1) is 5.92 Å². The number of nitrogens with zero attached hydrogens (tertiary/aromatic N) is 1. The quantitative estimate of drug-likeness (QED) is 0.816. The second-order valence-electron chi connectivity index (χ2n) is 5.46. The summed E-state index contributed by atoms with van der Waals surface area (Å²) in [5.74, 6) is -0.482. The molecule has 120 valence electrons. The average Bonchev–Trinajstić information content (AvgIpc) is 2.49. The monoisotopic (exact) mass is 325 g/mol. The van der Waals surface area contributed by atoms with Gasteiger partial charge in [-0.3, -0.25) is 4.79 Å². The van der Waals surface area contributed by atoms with E-state index in [1.807, 2.05) is 12.1 Å². The van der Waals surface area contributed by atoms with E-state index in [2.05, 4.69) is 0 Å². The fourth-order valence-electron chi connectivity index (χ4n) is 2.36. The summed E-state index contributed by atoms with van der Waals surface area (Å²) in [6.45, 7) is 0.773. The topological polar surface area (TPSA) is 70.0 Å². The zero-order valence-electron chi connectivity index (χ0n) is 12.4. The molecule has 3 atom stereocenters. The van der Waals surface area contributed by atoms with Crippen LogP contribution in [0.15, 0.2) is 30.3 Å². The first-order valence-corrected chi connectivity index (χ1v) is 7.48. The zero-order chi connectivity index (χ0) is 16.1. The smallest absolute Gasteiger partial charge is 0.246 e. The number of aliphatic hydroxyl groups is 2.